The fourth-order valence-corrected chi connectivity index (χ4v) is 1.68. The number of hydrogen-bond donors (Lipinski definition) is 1. The van der Waals surface area contributed by atoms with Gasteiger partial charge in [0.15, 0.2) is 0 Å². The second-order valence-corrected chi connectivity index (χ2v) is 4.48. The van der Waals surface area contributed by atoms with Crippen molar-refractivity contribution in [1.29, 1.82) is 0 Å². The van der Waals surface area contributed by atoms with E-state index in [-0.39, 0.29) is 29.1 Å². The van der Waals surface area contributed by atoms with Crippen LogP contribution in [0.4, 0.5) is 23.2 Å². The van der Waals surface area contributed by atoms with E-state index in [1.807, 2.05) is 0 Å². The van der Waals surface area contributed by atoms with Gasteiger partial charge in [0.1, 0.15) is 5.82 Å². The van der Waals surface area contributed by atoms with Crippen LogP contribution in [-0.4, -0.2) is 17.8 Å². The van der Waals surface area contributed by atoms with Gasteiger partial charge in [0.05, 0.1) is 0 Å². The number of hydrogen-bond acceptors (Lipinski definition) is 2. The van der Waals surface area contributed by atoms with Crippen molar-refractivity contribution in [2.45, 2.75) is 5.51 Å². The molecule has 0 atom stereocenters. The Bertz CT molecular complexity index is 336. The molecule has 1 aromatic rings. The van der Waals surface area contributed by atoms with Crippen molar-refractivity contribution in [2.24, 2.45) is 0 Å². The molecule has 0 aromatic heterocycles. The maximum atomic E-state index is 12.8. The molecule has 0 unspecified atom stereocenters. The van der Waals surface area contributed by atoms with Crippen LogP contribution in [-0.2, 0) is 0 Å². The van der Waals surface area contributed by atoms with Gasteiger partial charge in [-0.25, -0.2) is 4.39 Å². The number of anilines is 1. The zero-order valence-corrected chi connectivity index (χ0v) is 9.52. The number of rotatable bonds is 4. The molecule has 0 aliphatic carbocycles. The van der Waals surface area contributed by atoms with E-state index < -0.39 is 11.3 Å². The molecule has 0 aliphatic rings. The first-order valence-electron chi connectivity index (χ1n) is 4.27. The SMILES string of the molecule is Fc1cc(Cl)cc(NCCSC(F)(F)F)c1. The van der Waals surface area contributed by atoms with Crippen molar-refractivity contribution in [3.8, 4) is 0 Å². The summed E-state index contributed by atoms with van der Waals surface area (Å²) in [5.74, 6) is -0.670. The van der Waals surface area contributed by atoms with E-state index in [1.165, 1.54) is 12.1 Å². The molecule has 0 spiro atoms. The molecule has 1 aromatic carbocycles. The fourth-order valence-electron chi connectivity index (χ4n) is 1.02. The van der Waals surface area contributed by atoms with E-state index in [9.17, 15) is 17.6 Å². The van der Waals surface area contributed by atoms with Crippen LogP contribution in [0.15, 0.2) is 18.2 Å². The van der Waals surface area contributed by atoms with Crippen LogP contribution < -0.4 is 5.32 Å². The van der Waals surface area contributed by atoms with Crippen LogP contribution in [0.1, 0.15) is 0 Å². The van der Waals surface area contributed by atoms with Crippen LogP contribution in [0.25, 0.3) is 0 Å². The minimum atomic E-state index is -4.23. The maximum Gasteiger partial charge on any atom is 0.441 e. The predicted molar refractivity (Wildman–Crippen MR) is 58.4 cm³/mol. The standard InChI is InChI=1S/C9H8ClF4NS/c10-6-3-7(11)5-8(4-6)15-1-2-16-9(12,13)14/h3-5,15H,1-2H2. The minimum absolute atomic E-state index is 0.0873. The molecular weight excluding hydrogens is 266 g/mol. The van der Waals surface area contributed by atoms with Crippen molar-refractivity contribution in [3.05, 3.63) is 29.0 Å². The Hall–Kier alpha value is -0.620. The number of nitrogens with one attached hydrogen (secondary N) is 1. The Balaban J connectivity index is 2.37. The molecule has 16 heavy (non-hydrogen) atoms. The number of thioether (sulfide) groups is 1. The van der Waals surface area contributed by atoms with E-state index >= 15 is 0 Å². The summed E-state index contributed by atoms with van der Waals surface area (Å²) in [6.45, 7) is 0.0873. The lowest BCUT2D eigenvalue weighted by Crippen LogP contribution is -2.09. The van der Waals surface area contributed by atoms with Crippen molar-refractivity contribution in [3.63, 3.8) is 0 Å². The summed E-state index contributed by atoms with van der Waals surface area (Å²) in [6, 6.07) is 3.74. The summed E-state index contributed by atoms with van der Waals surface area (Å²) >= 11 is 5.44. The Morgan fingerprint density at radius 2 is 1.94 bits per heavy atom. The Morgan fingerprint density at radius 1 is 1.25 bits per heavy atom. The summed E-state index contributed by atoms with van der Waals surface area (Å²) < 4.78 is 48.1. The number of benzene rings is 1. The first kappa shape index (κ1) is 13.4. The van der Waals surface area contributed by atoms with E-state index in [4.69, 9.17) is 11.6 Å². The highest BCUT2D eigenvalue weighted by molar-refractivity contribution is 8.00. The van der Waals surface area contributed by atoms with E-state index in [0.717, 1.165) is 6.07 Å². The Kier molecular flexibility index (Phi) is 4.73. The molecule has 0 bridgehead atoms. The average molecular weight is 274 g/mol. The van der Waals surface area contributed by atoms with Gasteiger partial charge in [-0.2, -0.15) is 13.2 Å². The van der Waals surface area contributed by atoms with Gasteiger partial charge in [-0.1, -0.05) is 11.6 Å². The summed E-state index contributed by atoms with van der Waals surface area (Å²) in [5.41, 5.74) is -3.87. The largest absolute Gasteiger partial charge is 0.441 e. The number of halogens is 5. The summed E-state index contributed by atoms with van der Waals surface area (Å²) in [4.78, 5) is 0. The highest BCUT2D eigenvalue weighted by atomic mass is 35.5. The average Bonchev–Trinajstić information content (AvgIpc) is 2.09. The quantitative estimate of drug-likeness (QED) is 0.653. The Labute approximate surface area is 99.2 Å². The molecule has 90 valence electrons. The Morgan fingerprint density at radius 3 is 2.50 bits per heavy atom. The van der Waals surface area contributed by atoms with Crippen molar-refractivity contribution < 1.29 is 17.6 Å². The van der Waals surface area contributed by atoms with Crippen molar-refractivity contribution >= 4 is 29.1 Å². The molecule has 0 amide bonds. The lowest BCUT2D eigenvalue weighted by Gasteiger charge is -2.08. The summed E-state index contributed by atoms with van der Waals surface area (Å²) in [5, 5.41) is 2.85. The minimum Gasteiger partial charge on any atom is -0.384 e. The smallest absolute Gasteiger partial charge is 0.384 e. The zero-order valence-electron chi connectivity index (χ0n) is 7.94. The molecule has 0 saturated heterocycles. The van der Waals surface area contributed by atoms with Crippen LogP contribution >= 0.6 is 23.4 Å². The van der Waals surface area contributed by atoms with E-state index in [0.29, 0.717) is 5.69 Å². The second kappa shape index (κ2) is 5.63. The highest BCUT2D eigenvalue weighted by Gasteiger charge is 2.27. The van der Waals surface area contributed by atoms with Crippen LogP contribution in [0, 0.1) is 5.82 Å². The molecule has 0 saturated carbocycles. The van der Waals surface area contributed by atoms with Gasteiger partial charge in [0, 0.05) is 23.0 Å². The van der Waals surface area contributed by atoms with Gasteiger partial charge >= 0.3 is 5.51 Å². The normalized spacial score (nSPS) is 11.6. The molecule has 1 N–H and O–H groups in total. The van der Waals surface area contributed by atoms with Gasteiger partial charge in [-0.15, -0.1) is 0 Å². The fraction of sp³-hybridized carbons (Fsp3) is 0.333. The van der Waals surface area contributed by atoms with E-state index in [2.05, 4.69) is 5.32 Å². The van der Waals surface area contributed by atoms with Crippen LogP contribution in [0.5, 0.6) is 0 Å². The molecule has 0 aliphatic heterocycles. The van der Waals surface area contributed by atoms with Crippen molar-refractivity contribution in [1.82, 2.24) is 0 Å². The molecule has 0 radical (unpaired) electrons. The van der Waals surface area contributed by atoms with E-state index in [1.54, 1.807) is 0 Å². The molecule has 1 rings (SSSR count). The van der Waals surface area contributed by atoms with Gasteiger partial charge in [-0.05, 0) is 30.0 Å². The third-order valence-electron chi connectivity index (χ3n) is 1.56. The molecule has 0 heterocycles. The van der Waals surface area contributed by atoms with Crippen LogP contribution in [0.2, 0.25) is 5.02 Å². The molecule has 1 nitrogen and oxygen atoms in total. The second-order valence-electron chi connectivity index (χ2n) is 2.88. The number of alkyl halides is 3. The summed E-state index contributed by atoms with van der Waals surface area (Å²) in [6.07, 6.45) is 0. The highest BCUT2D eigenvalue weighted by Crippen LogP contribution is 2.29. The first-order valence-corrected chi connectivity index (χ1v) is 5.64. The third-order valence-corrected chi connectivity index (χ3v) is 2.51. The third kappa shape index (κ3) is 5.46. The van der Waals surface area contributed by atoms with Gasteiger partial charge in [0.2, 0.25) is 0 Å². The molecule has 7 heteroatoms. The maximum absolute atomic E-state index is 12.8. The van der Waals surface area contributed by atoms with Gasteiger partial charge in [-0.3, -0.25) is 0 Å². The predicted octanol–water partition coefficient (Wildman–Crippen LogP) is 4.14. The van der Waals surface area contributed by atoms with Gasteiger partial charge in [0.25, 0.3) is 0 Å². The summed E-state index contributed by atoms with van der Waals surface area (Å²) in [7, 11) is 0. The van der Waals surface area contributed by atoms with Crippen molar-refractivity contribution in [2.75, 3.05) is 17.6 Å². The zero-order chi connectivity index (χ0) is 12.2. The van der Waals surface area contributed by atoms with Crippen LogP contribution in [0.3, 0.4) is 0 Å². The lowest BCUT2D eigenvalue weighted by atomic mass is 10.3. The van der Waals surface area contributed by atoms with Gasteiger partial charge < -0.3 is 5.32 Å². The monoisotopic (exact) mass is 273 g/mol. The lowest BCUT2D eigenvalue weighted by molar-refractivity contribution is -0.0327. The topological polar surface area (TPSA) is 12.0 Å². The molecule has 0 fully saturated rings. The first-order chi connectivity index (χ1) is 7.37. The molecular formula is C9H8ClF4NS.